The van der Waals surface area contributed by atoms with Crippen LogP contribution in [0.15, 0.2) is 66.0 Å². The van der Waals surface area contributed by atoms with Crippen molar-refractivity contribution in [1.29, 1.82) is 0 Å². The van der Waals surface area contributed by atoms with E-state index < -0.39 is 0 Å². The molecule has 1 heteroatoms. The molecule has 0 N–H and O–H groups in total. The van der Waals surface area contributed by atoms with E-state index in [1.54, 1.807) is 0 Å². The molecule has 0 fully saturated rings. The maximum atomic E-state index is 5.75. The highest BCUT2D eigenvalue weighted by atomic mass is 16.5. The Balaban J connectivity index is 2.08. The third-order valence-corrected chi connectivity index (χ3v) is 2.26. The highest BCUT2D eigenvalue weighted by Crippen LogP contribution is 2.17. The minimum absolute atomic E-state index is 0.855. The average molecular weight is 198 g/mol. The van der Waals surface area contributed by atoms with Gasteiger partial charge in [0.1, 0.15) is 11.5 Å². The molecule has 15 heavy (non-hydrogen) atoms. The molecule has 0 heterocycles. The minimum atomic E-state index is 0.855. The lowest BCUT2D eigenvalue weighted by Crippen LogP contribution is -1.93. The molecule has 0 saturated carbocycles. The first-order valence-electron chi connectivity index (χ1n) is 5.11. The molecule has 1 aromatic rings. The smallest absolute Gasteiger partial charge is 0.126 e. The van der Waals surface area contributed by atoms with Crippen LogP contribution in [0.2, 0.25) is 0 Å². The maximum absolute atomic E-state index is 5.75. The largest absolute Gasteiger partial charge is 0.461 e. The topological polar surface area (TPSA) is 9.23 Å². The second-order valence-corrected chi connectivity index (χ2v) is 3.56. The van der Waals surface area contributed by atoms with E-state index in [-0.39, 0.29) is 0 Å². The van der Waals surface area contributed by atoms with E-state index in [9.17, 15) is 0 Å². The van der Waals surface area contributed by atoms with E-state index in [1.165, 1.54) is 5.57 Å². The monoisotopic (exact) mass is 198 g/mol. The molecule has 1 aliphatic carbocycles. The van der Waals surface area contributed by atoms with Crippen LogP contribution in [-0.2, 0) is 0 Å². The molecule has 0 aliphatic heterocycles. The van der Waals surface area contributed by atoms with Gasteiger partial charge in [-0.3, -0.25) is 0 Å². The fourth-order valence-electron chi connectivity index (χ4n) is 1.42. The molecule has 0 atom stereocenters. The minimum Gasteiger partial charge on any atom is -0.461 e. The summed E-state index contributed by atoms with van der Waals surface area (Å²) in [5.74, 6) is 1.87. The fourth-order valence-corrected chi connectivity index (χ4v) is 1.42. The van der Waals surface area contributed by atoms with Gasteiger partial charge >= 0.3 is 0 Å². The standard InChI is InChI=1S/C14H14O/c1-12-6-5-9-14(11-10-12)15-13-7-3-2-4-8-13/h2-10H,11H2,1H3. The molecule has 0 saturated heterocycles. The Kier molecular flexibility index (Phi) is 3.03. The maximum Gasteiger partial charge on any atom is 0.126 e. The number of rotatable bonds is 2. The fraction of sp³-hybridized carbons (Fsp3) is 0.143. The number of benzene rings is 1. The van der Waals surface area contributed by atoms with Gasteiger partial charge in [-0.05, 0) is 25.1 Å². The van der Waals surface area contributed by atoms with E-state index in [0.717, 1.165) is 17.9 Å². The Bertz CT molecular complexity index is 407. The lowest BCUT2D eigenvalue weighted by Gasteiger charge is -2.06. The van der Waals surface area contributed by atoms with Crippen LogP contribution in [0.3, 0.4) is 0 Å². The predicted octanol–water partition coefficient (Wildman–Crippen LogP) is 3.86. The van der Waals surface area contributed by atoms with Crippen LogP contribution in [0.25, 0.3) is 0 Å². The Hall–Kier alpha value is -1.76. The third-order valence-electron chi connectivity index (χ3n) is 2.26. The Morgan fingerprint density at radius 2 is 1.93 bits per heavy atom. The van der Waals surface area contributed by atoms with E-state index in [4.69, 9.17) is 4.74 Å². The first-order valence-corrected chi connectivity index (χ1v) is 5.11. The van der Waals surface area contributed by atoms with Crippen molar-refractivity contribution in [3.05, 3.63) is 66.0 Å². The number of allylic oxidation sites excluding steroid dienone is 5. The Morgan fingerprint density at radius 3 is 2.73 bits per heavy atom. The summed E-state index contributed by atoms with van der Waals surface area (Å²) in [6.45, 7) is 2.09. The molecule has 0 bridgehead atoms. The van der Waals surface area contributed by atoms with Gasteiger partial charge < -0.3 is 4.74 Å². The summed E-state index contributed by atoms with van der Waals surface area (Å²) in [4.78, 5) is 0. The summed E-state index contributed by atoms with van der Waals surface area (Å²) >= 11 is 0. The Labute approximate surface area is 90.4 Å². The second-order valence-electron chi connectivity index (χ2n) is 3.56. The van der Waals surface area contributed by atoms with Crippen LogP contribution in [0, 0.1) is 0 Å². The van der Waals surface area contributed by atoms with Gasteiger partial charge in [0.25, 0.3) is 0 Å². The van der Waals surface area contributed by atoms with Crippen LogP contribution in [0.5, 0.6) is 5.75 Å². The van der Waals surface area contributed by atoms with Crippen LogP contribution < -0.4 is 4.74 Å². The van der Waals surface area contributed by atoms with Gasteiger partial charge in [-0.1, -0.05) is 42.0 Å². The summed E-state index contributed by atoms with van der Waals surface area (Å²) in [7, 11) is 0. The zero-order chi connectivity index (χ0) is 10.5. The summed E-state index contributed by atoms with van der Waals surface area (Å²) in [6.07, 6.45) is 9.14. The van der Waals surface area contributed by atoms with Crippen molar-refractivity contribution in [2.24, 2.45) is 0 Å². The van der Waals surface area contributed by atoms with Crippen molar-refractivity contribution in [2.45, 2.75) is 13.3 Å². The van der Waals surface area contributed by atoms with Crippen molar-refractivity contribution in [3.63, 3.8) is 0 Å². The summed E-state index contributed by atoms with van der Waals surface area (Å²) in [6, 6.07) is 9.86. The van der Waals surface area contributed by atoms with Crippen molar-refractivity contribution in [2.75, 3.05) is 0 Å². The lowest BCUT2D eigenvalue weighted by atomic mass is 10.2. The number of ether oxygens (including phenoxy) is 1. The molecular formula is C14H14O. The summed E-state index contributed by atoms with van der Waals surface area (Å²) in [5, 5.41) is 0. The van der Waals surface area contributed by atoms with Gasteiger partial charge in [-0.15, -0.1) is 0 Å². The molecule has 76 valence electrons. The second kappa shape index (κ2) is 4.65. The van der Waals surface area contributed by atoms with Gasteiger partial charge in [-0.25, -0.2) is 0 Å². The number of hydrogen-bond donors (Lipinski definition) is 0. The predicted molar refractivity (Wildman–Crippen MR) is 62.7 cm³/mol. The summed E-state index contributed by atoms with van der Waals surface area (Å²) in [5.41, 5.74) is 1.28. The molecule has 1 nitrogen and oxygen atoms in total. The quantitative estimate of drug-likeness (QED) is 0.701. The van der Waals surface area contributed by atoms with Crippen LogP contribution >= 0.6 is 0 Å². The van der Waals surface area contributed by atoms with E-state index in [2.05, 4.69) is 19.1 Å². The number of hydrogen-bond acceptors (Lipinski definition) is 1. The Morgan fingerprint density at radius 1 is 1.13 bits per heavy atom. The van der Waals surface area contributed by atoms with Gasteiger partial charge in [0.15, 0.2) is 0 Å². The average Bonchev–Trinajstić information content (AvgIpc) is 2.46. The van der Waals surface area contributed by atoms with E-state index in [1.807, 2.05) is 42.5 Å². The molecule has 0 radical (unpaired) electrons. The van der Waals surface area contributed by atoms with E-state index >= 15 is 0 Å². The SMILES string of the molecule is CC1=CCC(Oc2ccccc2)=CC=C1. The van der Waals surface area contributed by atoms with Gasteiger partial charge in [0, 0.05) is 6.42 Å². The molecule has 1 aliphatic rings. The summed E-state index contributed by atoms with van der Waals surface area (Å²) < 4.78 is 5.75. The third kappa shape index (κ3) is 2.84. The van der Waals surface area contributed by atoms with Gasteiger partial charge in [0.05, 0.1) is 0 Å². The molecule has 1 aromatic carbocycles. The lowest BCUT2D eigenvalue weighted by molar-refractivity contribution is 0.416. The number of para-hydroxylation sites is 1. The normalized spacial score (nSPS) is 15.3. The van der Waals surface area contributed by atoms with E-state index in [0.29, 0.717) is 0 Å². The van der Waals surface area contributed by atoms with Crippen molar-refractivity contribution >= 4 is 0 Å². The zero-order valence-electron chi connectivity index (χ0n) is 8.81. The molecule has 0 amide bonds. The molecular weight excluding hydrogens is 184 g/mol. The molecule has 0 aromatic heterocycles. The first kappa shape index (κ1) is 9.78. The zero-order valence-corrected chi connectivity index (χ0v) is 8.81. The highest BCUT2D eigenvalue weighted by molar-refractivity contribution is 5.30. The first-order chi connectivity index (χ1) is 7.34. The van der Waals surface area contributed by atoms with Gasteiger partial charge in [0.2, 0.25) is 0 Å². The van der Waals surface area contributed by atoms with Crippen LogP contribution in [0.1, 0.15) is 13.3 Å². The molecule has 2 rings (SSSR count). The van der Waals surface area contributed by atoms with Crippen molar-refractivity contribution in [1.82, 2.24) is 0 Å². The highest BCUT2D eigenvalue weighted by Gasteiger charge is 2.00. The van der Waals surface area contributed by atoms with Gasteiger partial charge in [-0.2, -0.15) is 0 Å². The molecule has 0 unspecified atom stereocenters. The van der Waals surface area contributed by atoms with Crippen LogP contribution in [0.4, 0.5) is 0 Å². The van der Waals surface area contributed by atoms with Crippen molar-refractivity contribution in [3.8, 4) is 5.75 Å². The van der Waals surface area contributed by atoms with Crippen LogP contribution in [-0.4, -0.2) is 0 Å². The van der Waals surface area contributed by atoms with Crippen molar-refractivity contribution < 1.29 is 4.74 Å². The molecule has 0 spiro atoms.